The van der Waals surface area contributed by atoms with Crippen molar-refractivity contribution in [3.8, 4) is 0 Å². The quantitative estimate of drug-likeness (QED) is 0.501. The molecule has 4 heteroatoms. The highest BCUT2D eigenvalue weighted by Gasteiger charge is 2.35. The average molecular weight is 150 g/mol. The van der Waals surface area contributed by atoms with Crippen LogP contribution in [0.15, 0.2) is 35.8 Å². The van der Waals surface area contributed by atoms with Crippen molar-refractivity contribution >= 4 is 7.12 Å². The Morgan fingerprint density at radius 2 is 2.36 bits per heavy atom. The first-order chi connectivity index (χ1) is 5.27. The number of aliphatic hydroxyl groups is 1. The second-order valence-corrected chi connectivity index (χ2v) is 2.60. The van der Waals surface area contributed by atoms with Crippen LogP contribution in [-0.4, -0.2) is 17.2 Å². The van der Waals surface area contributed by atoms with E-state index in [0.717, 1.165) is 5.57 Å². The van der Waals surface area contributed by atoms with Crippen LogP contribution < -0.4 is 0 Å². The Balaban J connectivity index is 2.31. The van der Waals surface area contributed by atoms with Crippen molar-refractivity contribution in [3.05, 3.63) is 35.8 Å². The second kappa shape index (κ2) is 2.17. The zero-order valence-corrected chi connectivity index (χ0v) is 5.77. The largest absolute Gasteiger partial charge is 0.541 e. The summed E-state index contributed by atoms with van der Waals surface area (Å²) in [6.07, 6.45) is 6.33. The fourth-order valence-corrected chi connectivity index (χ4v) is 1.23. The van der Waals surface area contributed by atoms with Crippen LogP contribution in [0.1, 0.15) is 0 Å². The third-order valence-electron chi connectivity index (χ3n) is 1.82. The first-order valence-electron chi connectivity index (χ1n) is 3.40. The third-order valence-corrected chi connectivity index (χ3v) is 1.82. The smallest absolute Gasteiger partial charge is 0.534 e. The molecule has 0 saturated heterocycles. The van der Waals surface area contributed by atoms with Crippen LogP contribution >= 0.6 is 0 Å². The normalized spacial score (nSPS) is 27.4. The van der Waals surface area contributed by atoms with Gasteiger partial charge in [0.05, 0.1) is 12.1 Å². The average Bonchev–Trinajstić information content (AvgIpc) is 2.32. The van der Waals surface area contributed by atoms with Crippen LogP contribution in [0, 0.1) is 0 Å². The van der Waals surface area contributed by atoms with Gasteiger partial charge in [-0.25, -0.2) is 0 Å². The molecule has 1 heterocycles. The predicted molar refractivity (Wildman–Crippen MR) is 40.7 cm³/mol. The Labute approximate surface area is 64.4 Å². The molecule has 0 bridgehead atoms. The number of fused-ring (bicyclic) bond motifs is 1. The van der Waals surface area contributed by atoms with Crippen LogP contribution in [0.3, 0.4) is 0 Å². The fraction of sp³-hybridized carbons (Fsp3) is 0.143. The molecule has 1 aliphatic heterocycles. The molecule has 3 nitrogen and oxygen atoms in total. The van der Waals surface area contributed by atoms with Gasteiger partial charge in [-0.2, -0.15) is 0 Å². The lowest BCUT2D eigenvalue weighted by atomic mass is 9.69. The highest BCUT2D eigenvalue weighted by atomic mass is 16.5. The highest BCUT2D eigenvalue weighted by Crippen LogP contribution is 2.33. The monoisotopic (exact) mass is 150 g/mol. The summed E-state index contributed by atoms with van der Waals surface area (Å²) in [5.41, 5.74) is 0.817. The molecule has 1 atom stereocenters. The number of hydrogen-bond acceptors (Lipinski definition) is 3. The van der Waals surface area contributed by atoms with Crippen molar-refractivity contribution in [2.24, 2.45) is 0 Å². The van der Waals surface area contributed by atoms with Crippen molar-refractivity contribution in [2.75, 3.05) is 0 Å². The highest BCUT2D eigenvalue weighted by molar-refractivity contribution is 6.48. The minimum atomic E-state index is -0.786. The summed E-state index contributed by atoms with van der Waals surface area (Å²) in [5.74, 6) is 0.0936. The van der Waals surface area contributed by atoms with E-state index in [0.29, 0.717) is 0 Å². The van der Waals surface area contributed by atoms with Gasteiger partial charge in [0.2, 0.25) is 0 Å². The van der Waals surface area contributed by atoms with Gasteiger partial charge >= 0.3 is 7.12 Å². The van der Waals surface area contributed by atoms with E-state index in [2.05, 4.69) is 0 Å². The number of hydrogen-bond donors (Lipinski definition) is 2. The van der Waals surface area contributed by atoms with Gasteiger partial charge < -0.3 is 14.8 Å². The molecule has 11 heavy (non-hydrogen) atoms. The molecule has 0 aromatic rings. The van der Waals surface area contributed by atoms with Gasteiger partial charge in [-0.05, 0) is 17.7 Å². The molecule has 0 amide bonds. The first kappa shape index (κ1) is 6.55. The summed E-state index contributed by atoms with van der Waals surface area (Å²) < 4.78 is 4.83. The molecule has 0 fully saturated rings. The maximum atomic E-state index is 9.17. The SMILES string of the molecule is OB1OC=C2C=C(O)C=CC12. The molecular formula is C7H7BO3. The molecule has 56 valence electrons. The molecule has 0 saturated carbocycles. The minimum Gasteiger partial charge on any atom is -0.541 e. The topological polar surface area (TPSA) is 49.7 Å². The van der Waals surface area contributed by atoms with E-state index in [-0.39, 0.29) is 11.6 Å². The van der Waals surface area contributed by atoms with Gasteiger partial charge in [-0.1, -0.05) is 6.08 Å². The van der Waals surface area contributed by atoms with E-state index in [1.54, 1.807) is 18.2 Å². The molecule has 0 radical (unpaired) electrons. The van der Waals surface area contributed by atoms with Crippen LogP contribution in [0.25, 0.3) is 0 Å². The standard InChI is InChI=1S/C7H7BO3/c9-6-1-2-7-5(3-6)4-11-8(7)10/h1-4,7,9-10H. The molecular weight excluding hydrogens is 143 g/mol. The number of allylic oxidation sites excluding steroid dienone is 4. The van der Waals surface area contributed by atoms with Crippen molar-refractivity contribution in [2.45, 2.75) is 5.82 Å². The second-order valence-electron chi connectivity index (χ2n) is 2.60. The van der Waals surface area contributed by atoms with Gasteiger partial charge in [0, 0.05) is 0 Å². The zero-order chi connectivity index (χ0) is 7.84. The van der Waals surface area contributed by atoms with Crippen LogP contribution in [-0.2, 0) is 4.65 Å². The number of rotatable bonds is 0. The molecule has 2 N–H and O–H groups in total. The zero-order valence-electron chi connectivity index (χ0n) is 5.77. The van der Waals surface area contributed by atoms with Crippen LogP contribution in [0.2, 0.25) is 5.82 Å². The molecule has 1 unspecified atom stereocenters. The van der Waals surface area contributed by atoms with Gasteiger partial charge in [-0.15, -0.1) is 0 Å². The Kier molecular flexibility index (Phi) is 1.29. The molecule has 0 spiro atoms. The van der Waals surface area contributed by atoms with Gasteiger partial charge in [0.25, 0.3) is 0 Å². The molecule has 1 aliphatic carbocycles. The Morgan fingerprint density at radius 1 is 1.55 bits per heavy atom. The minimum absolute atomic E-state index is 0.106. The first-order valence-corrected chi connectivity index (χ1v) is 3.40. The summed E-state index contributed by atoms with van der Waals surface area (Å²) in [4.78, 5) is 0. The molecule has 0 aromatic carbocycles. The van der Waals surface area contributed by atoms with Crippen molar-refractivity contribution in [1.82, 2.24) is 0 Å². The summed E-state index contributed by atoms with van der Waals surface area (Å²) in [5, 5.41) is 18.2. The molecule has 2 rings (SSSR count). The van der Waals surface area contributed by atoms with E-state index >= 15 is 0 Å². The summed E-state index contributed by atoms with van der Waals surface area (Å²) in [7, 11) is -0.786. The Morgan fingerprint density at radius 3 is 3.18 bits per heavy atom. The van der Waals surface area contributed by atoms with Crippen molar-refractivity contribution in [1.29, 1.82) is 0 Å². The number of aliphatic hydroxyl groups excluding tert-OH is 1. The van der Waals surface area contributed by atoms with E-state index in [1.807, 2.05) is 0 Å². The van der Waals surface area contributed by atoms with Crippen molar-refractivity contribution < 1.29 is 14.8 Å². The van der Waals surface area contributed by atoms with Crippen LogP contribution in [0.5, 0.6) is 0 Å². The summed E-state index contributed by atoms with van der Waals surface area (Å²) in [6.45, 7) is 0. The van der Waals surface area contributed by atoms with Gasteiger partial charge in [0.1, 0.15) is 5.76 Å². The maximum Gasteiger partial charge on any atom is 0.534 e. The molecule has 0 aromatic heterocycles. The Bertz CT molecular complexity index is 267. The van der Waals surface area contributed by atoms with Gasteiger partial charge in [-0.3, -0.25) is 0 Å². The van der Waals surface area contributed by atoms with Crippen LogP contribution in [0.4, 0.5) is 0 Å². The fourth-order valence-electron chi connectivity index (χ4n) is 1.23. The van der Waals surface area contributed by atoms with Gasteiger partial charge in [0.15, 0.2) is 0 Å². The van der Waals surface area contributed by atoms with E-state index in [1.165, 1.54) is 6.26 Å². The van der Waals surface area contributed by atoms with E-state index < -0.39 is 7.12 Å². The Hall–Kier alpha value is -1.16. The lowest BCUT2D eigenvalue weighted by Crippen LogP contribution is -2.17. The maximum absolute atomic E-state index is 9.17. The van der Waals surface area contributed by atoms with E-state index in [4.69, 9.17) is 9.76 Å². The lowest BCUT2D eigenvalue weighted by molar-refractivity contribution is 0.382. The third kappa shape index (κ3) is 0.954. The van der Waals surface area contributed by atoms with E-state index in [9.17, 15) is 5.02 Å². The predicted octanol–water partition coefficient (Wildman–Crippen LogP) is 0.763. The summed E-state index contributed by atoms with van der Waals surface area (Å²) >= 11 is 0. The van der Waals surface area contributed by atoms with Crippen molar-refractivity contribution in [3.63, 3.8) is 0 Å². The summed E-state index contributed by atoms with van der Waals surface area (Å²) in [6, 6.07) is 0. The molecule has 2 aliphatic rings. The lowest BCUT2D eigenvalue weighted by Gasteiger charge is -2.09.